The van der Waals surface area contributed by atoms with Crippen LogP contribution in [0.5, 0.6) is 0 Å². The molecule has 0 unspecified atom stereocenters. The number of thiophene rings is 1. The lowest BCUT2D eigenvalue weighted by atomic mass is 10.1. The van der Waals surface area contributed by atoms with E-state index in [1.807, 2.05) is 6.07 Å². The molecule has 0 aromatic carbocycles. The zero-order valence-corrected chi connectivity index (χ0v) is 12.0. The number of fused-ring (bicyclic) bond motifs is 1. The molecule has 5 nitrogen and oxygen atoms in total. The van der Waals surface area contributed by atoms with Crippen molar-refractivity contribution in [3.63, 3.8) is 0 Å². The lowest BCUT2D eigenvalue weighted by molar-refractivity contribution is 0.0371. The number of aromatic nitrogens is 1. The number of amides is 1. The summed E-state index contributed by atoms with van der Waals surface area (Å²) in [6.07, 6.45) is 1.67. The number of pyridine rings is 1. The molecule has 0 fully saturated rings. The number of likely N-dealkylation sites (N-methyl/N-ethyl adjacent to an activating group) is 1. The van der Waals surface area contributed by atoms with E-state index in [9.17, 15) is 9.90 Å². The summed E-state index contributed by atoms with van der Waals surface area (Å²) in [4.78, 5) is 19.2. The van der Waals surface area contributed by atoms with E-state index in [1.165, 1.54) is 16.2 Å². The normalized spacial score (nSPS) is 11.8. The summed E-state index contributed by atoms with van der Waals surface area (Å²) in [7, 11) is 1.65. The topological polar surface area (TPSA) is 79.5 Å². The lowest BCUT2D eigenvalue weighted by Crippen LogP contribution is -2.39. The molecule has 0 spiro atoms. The molecule has 102 valence electrons. The molecule has 0 aliphatic carbocycles. The predicted octanol–water partition coefficient (Wildman–Crippen LogP) is 1.72. The quantitative estimate of drug-likeness (QED) is 0.896. The molecule has 2 rings (SSSR count). The van der Waals surface area contributed by atoms with Crippen molar-refractivity contribution >= 4 is 33.1 Å². The average Bonchev–Trinajstić information content (AvgIpc) is 2.64. The summed E-state index contributed by atoms with van der Waals surface area (Å²) in [5, 5.41) is 10.6. The predicted molar refractivity (Wildman–Crippen MR) is 77.3 cm³/mol. The van der Waals surface area contributed by atoms with Crippen LogP contribution in [0.3, 0.4) is 0 Å². The number of hydrogen-bond donors (Lipinski definition) is 2. The van der Waals surface area contributed by atoms with Gasteiger partial charge in [-0.05, 0) is 26.0 Å². The van der Waals surface area contributed by atoms with Gasteiger partial charge in [-0.3, -0.25) is 4.79 Å². The molecule has 19 heavy (non-hydrogen) atoms. The first-order valence-electron chi connectivity index (χ1n) is 5.90. The van der Waals surface area contributed by atoms with Gasteiger partial charge in [-0.1, -0.05) is 0 Å². The Hall–Kier alpha value is -1.66. The summed E-state index contributed by atoms with van der Waals surface area (Å²) < 4.78 is 0. The maximum absolute atomic E-state index is 12.3. The number of aliphatic hydroxyl groups is 1. The number of rotatable bonds is 3. The van der Waals surface area contributed by atoms with E-state index in [0.717, 1.165) is 10.2 Å². The Kier molecular flexibility index (Phi) is 3.47. The van der Waals surface area contributed by atoms with Crippen LogP contribution in [0.1, 0.15) is 23.5 Å². The summed E-state index contributed by atoms with van der Waals surface area (Å²) in [5.41, 5.74) is 5.52. The minimum Gasteiger partial charge on any atom is -0.397 e. The molecule has 0 bridgehead atoms. The Morgan fingerprint density at radius 2 is 2.26 bits per heavy atom. The molecule has 0 saturated carbocycles. The fourth-order valence-corrected chi connectivity index (χ4v) is 2.99. The fourth-order valence-electron chi connectivity index (χ4n) is 1.94. The first kappa shape index (κ1) is 13.8. The van der Waals surface area contributed by atoms with Crippen molar-refractivity contribution in [3.8, 4) is 0 Å². The molecule has 2 heterocycles. The number of nitrogens with two attached hydrogens (primary N) is 1. The number of nitrogen functional groups attached to an aromatic ring is 1. The minimum atomic E-state index is -0.936. The first-order valence-corrected chi connectivity index (χ1v) is 6.72. The Morgan fingerprint density at radius 3 is 2.84 bits per heavy atom. The molecule has 0 aliphatic rings. The number of anilines is 1. The minimum absolute atomic E-state index is 0.192. The molecule has 1 amide bonds. The van der Waals surface area contributed by atoms with E-state index in [4.69, 9.17) is 5.73 Å². The van der Waals surface area contributed by atoms with Crippen LogP contribution in [-0.2, 0) is 0 Å². The highest BCUT2D eigenvalue weighted by molar-refractivity contribution is 7.21. The van der Waals surface area contributed by atoms with Crippen molar-refractivity contribution in [1.82, 2.24) is 9.88 Å². The van der Waals surface area contributed by atoms with Gasteiger partial charge < -0.3 is 15.7 Å². The Balaban J connectivity index is 2.34. The van der Waals surface area contributed by atoms with Gasteiger partial charge in [0.25, 0.3) is 5.91 Å². The zero-order valence-electron chi connectivity index (χ0n) is 11.2. The molecule has 0 atom stereocenters. The second-order valence-corrected chi connectivity index (χ2v) is 6.17. The molecule has 2 aromatic rings. The molecule has 0 saturated heterocycles. The number of nitrogens with zero attached hydrogens (tertiary/aromatic N) is 2. The Morgan fingerprint density at radius 1 is 1.58 bits per heavy atom. The molecular weight excluding hydrogens is 262 g/mol. The van der Waals surface area contributed by atoms with E-state index >= 15 is 0 Å². The largest absolute Gasteiger partial charge is 0.397 e. The molecular formula is C13H17N3O2S. The van der Waals surface area contributed by atoms with Crippen LogP contribution in [0.15, 0.2) is 18.3 Å². The average molecular weight is 279 g/mol. The summed E-state index contributed by atoms with van der Waals surface area (Å²) in [6.45, 7) is 3.56. The number of carbonyl (C=O) groups excluding carboxylic acids is 1. The molecule has 0 radical (unpaired) electrons. The Labute approximate surface area is 115 Å². The van der Waals surface area contributed by atoms with Gasteiger partial charge in [0.05, 0.1) is 11.3 Å². The van der Waals surface area contributed by atoms with Crippen LogP contribution in [-0.4, -0.2) is 40.1 Å². The second kappa shape index (κ2) is 4.79. The van der Waals surface area contributed by atoms with Crippen molar-refractivity contribution in [3.05, 3.63) is 23.2 Å². The fraction of sp³-hybridized carbons (Fsp3) is 0.385. The molecule has 3 N–H and O–H groups in total. The van der Waals surface area contributed by atoms with Crippen LogP contribution >= 0.6 is 11.3 Å². The third-order valence-corrected chi connectivity index (χ3v) is 3.79. The van der Waals surface area contributed by atoms with Gasteiger partial charge >= 0.3 is 0 Å². The summed E-state index contributed by atoms with van der Waals surface area (Å²) >= 11 is 1.28. The zero-order chi connectivity index (χ0) is 14.2. The second-order valence-electron chi connectivity index (χ2n) is 5.17. The van der Waals surface area contributed by atoms with Crippen LogP contribution in [0.2, 0.25) is 0 Å². The van der Waals surface area contributed by atoms with Crippen molar-refractivity contribution in [1.29, 1.82) is 0 Å². The smallest absolute Gasteiger partial charge is 0.265 e. The van der Waals surface area contributed by atoms with Crippen LogP contribution in [0, 0.1) is 0 Å². The highest BCUT2D eigenvalue weighted by Crippen LogP contribution is 2.32. The van der Waals surface area contributed by atoms with Gasteiger partial charge in [0.1, 0.15) is 9.71 Å². The number of carbonyl (C=O) groups is 1. The van der Waals surface area contributed by atoms with Crippen LogP contribution < -0.4 is 5.73 Å². The van der Waals surface area contributed by atoms with E-state index in [-0.39, 0.29) is 12.5 Å². The van der Waals surface area contributed by atoms with Crippen molar-refractivity contribution in [2.75, 3.05) is 19.3 Å². The van der Waals surface area contributed by atoms with Gasteiger partial charge in [-0.15, -0.1) is 11.3 Å². The highest BCUT2D eigenvalue weighted by Gasteiger charge is 2.24. The van der Waals surface area contributed by atoms with E-state index in [0.29, 0.717) is 10.6 Å². The number of hydrogen-bond acceptors (Lipinski definition) is 5. The summed E-state index contributed by atoms with van der Waals surface area (Å²) in [6, 6.07) is 3.64. The summed E-state index contributed by atoms with van der Waals surface area (Å²) in [5.74, 6) is -0.192. The van der Waals surface area contributed by atoms with E-state index in [1.54, 1.807) is 33.2 Å². The van der Waals surface area contributed by atoms with Gasteiger partial charge in [0.2, 0.25) is 0 Å². The van der Waals surface area contributed by atoms with Gasteiger partial charge in [0.15, 0.2) is 0 Å². The highest BCUT2D eigenvalue weighted by atomic mass is 32.1. The SMILES string of the molecule is CN(CC(C)(C)O)C(=O)c1sc2ncccc2c1N. The van der Waals surface area contributed by atoms with Crippen molar-refractivity contribution in [2.45, 2.75) is 19.4 Å². The molecule has 6 heteroatoms. The monoisotopic (exact) mass is 279 g/mol. The van der Waals surface area contributed by atoms with E-state index < -0.39 is 5.60 Å². The van der Waals surface area contributed by atoms with Gasteiger partial charge in [-0.25, -0.2) is 4.98 Å². The Bertz CT molecular complexity index is 616. The molecule has 0 aliphatic heterocycles. The standard InChI is InChI=1S/C13H17N3O2S/c1-13(2,18)7-16(3)12(17)10-9(14)8-5-4-6-15-11(8)19-10/h4-6,18H,7,14H2,1-3H3. The van der Waals surface area contributed by atoms with Crippen molar-refractivity contribution < 1.29 is 9.90 Å². The van der Waals surface area contributed by atoms with Crippen LogP contribution in [0.25, 0.3) is 10.2 Å². The van der Waals surface area contributed by atoms with E-state index in [2.05, 4.69) is 4.98 Å². The van der Waals surface area contributed by atoms with Crippen LogP contribution in [0.4, 0.5) is 5.69 Å². The van der Waals surface area contributed by atoms with Gasteiger partial charge in [-0.2, -0.15) is 0 Å². The maximum Gasteiger partial charge on any atom is 0.265 e. The van der Waals surface area contributed by atoms with Gasteiger partial charge in [0, 0.05) is 25.2 Å². The third-order valence-electron chi connectivity index (χ3n) is 2.67. The first-order chi connectivity index (χ1) is 8.79. The molecule has 2 aromatic heterocycles. The lowest BCUT2D eigenvalue weighted by Gasteiger charge is -2.25. The van der Waals surface area contributed by atoms with Crippen molar-refractivity contribution in [2.24, 2.45) is 0 Å². The third kappa shape index (κ3) is 2.85. The maximum atomic E-state index is 12.3.